The molecule has 1 heterocycles. The predicted molar refractivity (Wildman–Crippen MR) is 63.5 cm³/mol. The number of esters is 1. The normalized spacial score (nSPS) is 11.9. The van der Waals surface area contributed by atoms with Gasteiger partial charge in [-0.3, -0.25) is 9.59 Å². The maximum Gasteiger partial charge on any atom is 0.306 e. The number of hydrogen-bond donors (Lipinski definition) is 2. The van der Waals surface area contributed by atoms with Gasteiger partial charge in [0.15, 0.2) is 0 Å². The molecule has 0 spiro atoms. The van der Waals surface area contributed by atoms with Crippen molar-refractivity contribution in [3.05, 3.63) is 22.4 Å². The summed E-state index contributed by atoms with van der Waals surface area (Å²) in [7, 11) is 1.28. The zero-order valence-electron chi connectivity index (χ0n) is 9.51. The molecule has 5 nitrogen and oxygen atoms in total. The number of hydrogen-bond acceptors (Lipinski definition) is 5. The Kier molecular flexibility index (Phi) is 5.65. The average Bonchev–Trinajstić information content (AvgIpc) is 2.86. The highest BCUT2D eigenvalue weighted by atomic mass is 32.1. The summed E-state index contributed by atoms with van der Waals surface area (Å²) in [5.41, 5.74) is 0. The van der Waals surface area contributed by atoms with E-state index in [9.17, 15) is 14.7 Å². The van der Waals surface area contributed by atoms with E-state index in [0.29, 0.717) is 0 Å². The van der Waals surface area contributed by atoms with Crippen LogP contribution in [0, 0.1) is 0 Å². The Labute approximate surface area is 103 Å². The lowest BCUT2D eigenvalue weighted by Gasteiger charge is -2.09. The van der Waals surface area contributed by atoms with Gasteiger partial charge < -0.3 is 15.2 Å². The number of carbonyl (C=O) groups excluding carboxylic acids is 2. The number of aliphatic hydroxyl groups excluding tert-OH is 1. The van der Waals surface area contributed by atoms with Crippen LogP contribution in [0.5, 0.6) is 0 Å². The van der Waals surface area contributed by atoms with Gasteiger partial charge in [-0.05, 0) is 11.4 Å². The molecule has 0 aliphatic rings. The van der Waals surface area contributed by atoms with Crippen LogP contribution in [0.4, 0.5) is 0 Å². The zero-order valence-corrected chi connectivity index (χ0v) is 10.3. The third kappa shape index (κ3) is 4.97. The van der Waals surface area contributed by atoms with Crippen LogP contribution < -0.4 is 5.32 Å². The van der Waals surface area contributed by atoms with Gasteiger partial charge in [0.05, 0.1) is 13.5 Å². The fourth-order valence-corrected chi connectivity index (χ4v) is 1.91. The van der Waals surface area contributed by atoms with Gasteiger partial charge in [0.1, 0.15) is 6.10 Å². The van der Waals surface area contributed by atoms with E-state index in [-0.39, 0.29) is 25.3 Å². The Morgan fingerprint density at radius 3 is 2.88 bits per heavy atom. The lowest BCUT2D eigenvalue weighted by molar-refractivity contribution is -0.142. The molecule has 1 aromatic rings. The first kappa shape index (κ1) is 13.7. The number of methoxy groups -OCH3 is 1. The first-order chi connectivity index (χ1) is 8.13. The average molecular weight is 257 g/mol. The van der Waals surface area contributed by atoms with Gasteiger partial charge in [-0.25, -0.2) is 0 Å². The van der Waals surface area contributed by atoms with E-state index < -0.39 is 12.1 Å². The van der Waals surface area contributed by atoms with Crippen LogP contribution in [-0.4, -0.2) is 30.6 Å². The molecule has 1 atom stereocenters. The second kappa shape index (κ2) is 7.03. The molecule has 6 heteroatoms. The van der Waals surface area contributed by atoms with E-state index in [1.54, 1.807) is 6.07 Å². The van der Waals surface area contributed by atoms with Crippen LogP contribution >= 0.6 is 11.3 Å². The molecule has 0 aromatic carbocycles. The smallest absolute Gasteiger partial charge is 0.306 e. The quantitative estimate of drug-likeness (QED) is 0.741. The number of carbonyl (C=O) groups is 2. The van der Waals surface area contributed by atoms with Crippen molar-refractivity contribution in [2.24, 2.45) is 0 Å². The van der Waals surface area contributed by atoms with Crippen LogP contribution in [-0.2, 0) is 14.3 Å². The Hall–Kier alpha value is -1.40. The van der Waals surface area contributed by atoms with Gasteiger partial charge >= 0.3 is 5.97 Å². The van der Waals surface area contributed by atoms with Crippen LogP contribution in [0.15, 0.2) is 17.5 Å². The molecule has 0 radical (unpaired) electrons. The van der Waals surface area contributed by atoms with Crippen molar-refractivity contribution in [2.75, 3.05) is 13.7 Å². The SMILES string of the molecule is COC(=O)CCC(=O)NCC(O)c1cccs1. The second-order valence-corrected chi connectivity index (χ2v) is 4.39. The molecule has 1 unspecified atom stereocenters. The topological polar surface area (TPSA) is 75.6 Å². The number of ether oxygens (including phenoxy) is 1. The number of amides is 1. The molecule has 94 valence electrons. The lowest BCUT2D eigenvalue weighted by atomic mass is 10.2. The van der Waals surface area contributed by atoms with Gasteiger partial charge in [-0.15, -0.1) is 11.3 Å². The summed E-state index contributed by atoms with van der Waals surface area (Å²) in [4.78, 5) is 22.9. The molecule has 0 fully saturated rings. The van der Waals surface area contributed by atoms with E-state index >= 15 is 0 Å². The molecular formula is C11H15NO4S. The Morgan fingerprint density at radius 1 is 1.53 bits per heavy atom. The minimum Gasteiger partial charge on any atom is -0.469 e. The summed E-state index contributed by atoms with van der Waals surface area (Å²) in [5.74, 6) is -0.690. The van der Waals surface area contributed by atoms with E-state index in [1.165, 1.54) is 18.4 Å². The Bertz CT molecular complexity index is 364. The highest BCUT2D eigenvalue weighted by Gasteiger charge is 2.11. The molecule has 17 heavy (non-hydrogen) atoms. The van der Waals surface area contributed by atoms with Gasteiger partial charge in [0, 0.05) is 17.8 Å². The Balaban J connectivity index is 2.22. The highest BCUT2D eigenvalue weighted by molar-refractivity contribution is 7.10. The van der Waals surface area contributed by atoms with E-state index in [4.69, 9.17) is 0 Å². The third-order valence-corrected chi connectivity index (χ3v) is 3.12. The fourth-order valence-electron chi connectivity index (χ4n) is 1.20. The summed E-state index contributed by atoms with van der Waals surface area (Å²) >= 11 is 1.43. The van der Waals surface area contributed by atoms with Crippen molar-refractivity contribution < 1.29 is 19.4 Å². The van der Waals surface area contributed by atoms with Gasteiger partial charge in [0.2, 0.25) is 5.91 Å². The summed E-state index contributed by atoms with van der Waals surface area (Å²) in [5, 5.41) is 14.1. The van der Waals surface area contributed by atoms with Gasteiger partial charge in [-0.2, -0.15) is 0 Å². The van der Waals surface area contributed by atoms with Crippen molar-refractivity contribution in [1.82, 2.24) is 5.32 Å². The molecule has 1 amide bonds. The molecule has 0 bridgehead atoms. The van der Waals surface area contributed by atoms with Crippen molar-refractivity contribution in [3.63, 3.8) is 0 Å². The summed E-state index contributed by atoms with van der Waals surface area (Å²) in [6.45, 7) is 0.153. The number of nitrogens with one attached hydrogen (secondary N) is 1. The largest absolute Gasteiger partial charge is 0.469 e. The number of rotatable bonds is 6. The molecule has 0 aliphatic heterocycles. The van der Waals surface area contributed by atoms with Crippen molar-refractivity contribution in [2.45, 2.75) is 18.9 Å². The molecule has 2 N–H and O–H groups in total. The zero-order chi connectivity index (χ0) is 12.7. The Morgan fingerprint density at radius 2 is 2.29 bits per heavy atom. The minimum atomic E-state index is -0.697. The predicted octanol–water partition coefficient (Wildman–Crippen LogP) is 0.851. The van der Waals surface area contributed by atoms with Crippen LogP contribution in [0.25, 0.3) is 0 Å². The second-order valence-electron chi connectivity index (χ2n) is 3.41. The molecule has 0 saturated heterocycles. The van der Waals surface area contributed by atoms with E-state index in [2.05, 4.69) is 10.1 Å². The highest BCUT2D eigenvalue weighted by Crippen LogP contribution is 2.17. The minimum absolute atomic E-state index is 0.0530. The molecular weight excluding hydrogens is 242 g/mol. The van der Waals surface area contributed by atoms with Crippen LogP contribution in [0.1, 0.15) is 23.8 Å². The van der Waals surface area contributed by atoms with E-state index in [1.807, 2.05) is 11.4 Å². The summed E-state index contributed by atoms with van der Waals surface area (Å²) in [6, 6.07) is 3.64. The van der Waals surface area contributed by atoms with Gasteiger partial charge in [0.25, 0.3) is 0 Å². The maximum absolute atomic E-state index is 11.3. The molecule has 1 aromatic heterocycles. The van der Waals surface area contributed by atoms with Crippen molar-refractivity contribution >= 4 is 23.2 Å². The van der Waals surface area contributed by atoms with Crippen molar-refractivity contribution in [3.8, 4) is 0 Å². The van der Waals surface area contributed by atoms with Gasteiger partial charge in [-0.1, -0.05) is 6.07 Å². The number of thiophene rings is 1. The first-order valence-electron chi connectivity index (χ1n) is 5.18. The van der Waals surface area contributed by atoms with Crippen LogP contribution in [0.2, 0.25) is 0 Å². The molecule has 0 aliphatic carbocycles. The third-order valence-electron chi connectivity index (χ3n) is 2.15. The fraction of sp³-hybridized carbons (Fsp3) is 0.455. The summed E-state index contributed by atoms with van der Waals surface area (Å²) < 4.78 is 4.42. The van der Waals surface area contributed by atoms with Crippen LogP contribution in [0.3, 0.4) is 0 Å². The number of aliphatic hydroxyl groups is 1. The lowest BCUT2D eigenvalue weighted by Crippen LogP contribution is -2.28. The standard InChI is InChI=1S/C11H15NO4S/c1-16-11(15)5-4-10(14)12-7-8(13)9-3-2-6-17-9/h2-3,6,8,13H,4-5,7H2,1H3,(H,12,14). The van der Waals surface area contributed by atoms with Crippen molar-refractivity contribution in [1.29, 1.82) is 0 Å². The van der Waals surface area contributed by atoms with E-state index in [0.717, 1.165) is 4.88 Å². The summed E-state index contributed by atoms with van der Waals surface area (Å²) in [6.07, 6.45) is -0.571. The maximum atomic E-state index is 11.3. The monoisotopic (exact) mass is 257 g/mol. The first-order valence-corrected chi connectivity index (χ1v) is 6.06. The molecule has 1 rings (SSSR count). The molecule has 0 saturated carbocycles.